The van der Waals surface area contributed by atoms with E-state index in [0.29, 0.717) is 31.9 Å². The van der Waals surface area contributed by atoms with E-state index in [9.17, 15) is 9.18 Å². The first-order valence-corrected chi connectivity index (χ1v) is 10.9. The summed E-state index contributed by atoms with van der Waals surface area (Å²) in [4.78, 5) is 18.7. The zero-order valence-corrected chi connectivity index (χ0v) is 18.3. The second-order valence-corrected chi connectivity index (χ2v) is 8.17. The Labute approximate surface area is 188 Å². The second-order valence-electron chi connectivity index (χ2n) is 8.17. The minimum absolute atomic E-state index is 0.0421. The molecule has 1 aliphatic heterocycles. The highest BCUT2D eigenvalue weighted by Gasteiger charge is 2.14. The van der Waals surface area contributed by atoms with Gasteiger partial charge >= 0.3 is 0 Å². The molecule has 1 N–H and O–H groups in total. The van der Waals surface area contributed by atoms with Crippen LogP contribution < -0.4 is 5.32 Å². The summed E-state index contributed by atoms with van der Waals surface area (Å²) in [6, 6.07) is 19.1. The predicted octanol–water partition coefficient (Wildman–Crippen LogP) is 3.89. The quantitative estimate of drug-likeness (QED) is 0.575. The number of rotatable bonds is 7. The molecule has 1 aromatic heterocycles. The molecule has 0 saturated carbocycles. The predicted molar refractivity (Wildman–Crippen MR) is 122 cm³/mol. The van der Waals surface area contributed by atoms with Crippen LogP contribution in [0.4, 0.5) is 4.39 Å². The SMILES string of the molecule is Cc1cccc(CNC(=O)Cc2ccc(-c3ccc(CN4CCOCC4)nc3F)cc2)c1. The van der Waals surface area contributed by atoms with Crippen molar-refractivity contribution in [3.05, 3.63) is 89.0 Å². The van der Waals surface area contributed by atoms with Crippen molar-refractivity contribution >= 4 is 5.91 Å². The lowest BCUT2D eigenvalue weighted by atomic mass is 10.0. The zero-order chi connectivity index (χ0) is 22.3. The highest BCUT2D eigenvalue weighted by molar-refractivity contribution is 5.78. The Hall–Kier alpha value is -3.09. The molecule has 1 fully saturated rings. The van der Waals surface area contributed by atoms with Crippen LogP contribution in [0.25, 0.3) is 11.1 Å². The maximum atomic E-state index is 14.7. The van der Waals surface area contributed by atoms with Crippen LogP contribution in [-0.4, -0.2) is 42.1 Å². The largest absolute Gasteiger partial charge is 0.379 e. The molecular formula is C26H28FN3O2. The van der Waals surface area contributed by atoms with Gasteiger partial charge in [-0.25, -0.2) is 4.98 Å². The van der Waals surface area contributed by atoms with Gasteiger partial charge in [0.15, 0.2) is 0 Å². The van der Waals surface area contributed by atoms with Gasteiger partial charge in [0, 0.05) is 31.7 Å². The molecule has 6 heteroatoms. The van der Waals surface area contributed by atoms with Crippen molar-refractivity contribution in [3.8, 4) is 11.1 Å². The fraction of sp³-hybridized carbons (Fsp3) is 0.308. The van der Waals surface area contributed by atoms with Crippen LogP contribution in [0.15, 0.2) is 60.7 Å². The normalized spacial score (nSPS) is 14.3. The van der Waals surface area contributed by atoms with Crippen LogP contribution in [-0.2, 0) is 29.0 Å². The summed E-state index contributed by atoms with van der Waals surface area (Å²) in [5.41, 5.74) is 5.06. The average molecular weight is 434 g/mol. The number of ether oxygens (including phenoxy) is 1. The van der Waals surface area contributed by atoms with Crippen molar-refractivity contribution < 1.29 is 13.9 Å². The number of benzene rings is 2. The first-order valence-electron chi connectivity index (χ1n) is 10.9. The lowest BCUT2D eigenvalue weighted by molar-refractivity contribution is -0.120. The Morgan fingerprint density at radius 2 is 1.84 bits per heavy atom. The number of hydrogen-bond donors (Lipinski definition) is 1. The maximum Gasteiger partial charge on any atom is 0.224 e. The maximum absolute atomic E-state index is 14.7. The van der Waals surface area contributed by atoms with E-state index in [1.165, 1.54) is 5.56 Å². The van der Waals surface area contributed by atoms with Gasteiger partial charge in [0.1, 0.15) is 0 Å². The molecule has 1 saturated heterocycles. The average Bonchev–Trinajstić information content (AvgIpc) is 2.79. The summed E-state index contributed by atoms with van der Waals surface area (Å²) in [5, 5.41) is 2.95. The highest BCUT2D eigenvalue weighted by atomic mass is 19.1. The van der Waals surface area contributed by atoms with Gasteiger partial charge in [-0.15, -0.1) is 0 Å². The molecule has 0 radical (unpaired) electrons. The number of carbonyl (C=O) groups is 1. The number of halogens is 1. The van der Waals surface area contributed by atoms with Gasteiger partial charge < -0.3 is 10.1 Å². The Kier molecular flexibility index (Phi) is 7.24. The van der Waals surface area contributed by atoms with E-state index in [2.05, 4.69) is 21.3 Å². The van der Waals surface area contributed by atoms with Crippen LogP contribution in [0.1, 0.15) is 22.4 Å². The Bertz CT molecular complexity index is 1060. The summed E-state index contributed by atoms with van der Waals surface area (Å²) in [7, 11) is 0. The highest BCUT2D eigenvalue weighted by Crippen LogP contribution is 2.23. The Balaban J connectivity index is 1.34. The number of nitrogens with one attached hydrogen (secondary N) is 1. The standard InChI is InChI=1S/C26H28FN3O2/c1-19-3-2-4-21(15-19)17-28-25(31)16-20-5-7-22(8-6-20)24-10-9-23(29-26(24)27)18-30-11-13-32-14-12-30/h2-10,15H,11-14,16-18H2,1H3,(H,28,31). The van der Waals surface area contributed by atoms with E-state index in [0.717, 1.165) is 35.5 Å². The third-order valence-corrected chi connectivity index (χ3v) is 5.60. The van der Waals surface area contributed by atoms with Gasteiger partial charge in [-0.1, -0.05) is 54.1 Å². The lowest BCUT2D eigenvalue weighted by Crippen LogP contribution is -2.35. The van der Waals surface area contributed by atoms with E-state index >= 15 is 0 Å². The number of aromatic nitrogens is 1. The van der Waals surface area contributed by atoms with Gasteiger partial charge in [0.05, 0.1) is 25.3 Å². The van der Waals surface area contributed by atoms with Gasteiger partial charge in [-0.05, 0) is 35.7 Å². The molecule has 1 aliphatic rings. The first-order chi connectivity index (χ1) is 15.6. The van der Waals surface area contributed by atoms with Gasteiger partial charge in [-0.2, -0.15) is 4.39 Å². The molecule has 0 atom stereocenters. The first kappa shape index (κ1) is 22.1. The summed E-state index contributed by atoms with van der Waals surface area (Å²) >= 11 is 0. The summed E-state index contributed by atoms with van der Waals surface area (Å²) in [6.07, 6.45) is 0.283. The minimum Gasteiger partial charge on any atom is -0.379 e. The topological polar surface area (TPSA) is 54.5 Å². The van der Waals surface area contributed by atoms with Crippen LogP contribution >= 0.6 is 0 Å². The number of nitrogens with zero attached hydrogens (tertiary/aromatic N) is 2. The fourth-order valence-corrected chi connectivity index (χ4v) is 3.84. The molecule has 3 aromatic rings. The van der Waals surface area contributed by atoms with Gasteiger partial charge in [-0.3, -0.25) is 9.69 Å². The van der Waals surface area contributed by atoms with Crippen LogP contribution in [0.5, 0.6) is 0 Å². The summed E-state index contributed by atoms with van der Waals surface area (Å²) in [5.74, 6) is -0.515. The molecule has 2 heterocycles. The number of carbonyl (C=O) groups excluding carboxylic acids is 1. The summed E-state index contributed by atoms with van der Waals surface area (Å²) < 4.78 is 20.0. The molecule has 0 bridgehead atoms. The molecular weight excluding hydrogens is 405 g/mol. The monoisotopic (exact) mass is 433 g/mol. The molecule has 5 nitrogen and oxygen atoms in total. The van der Waals surface area contributed by atoms with E-state index in [-0.39, 0.29) is 12.3 Å². The molecule has 0 aliphatic carbocycles. The molecule has 0 spiro atoms. The minimum atomic E-state index is -0.473. The van der Waals surface area contributed by atoms with E-state index in [4.69, 9.17) is 4.74 Å². The van der Waals surface area contributed by atoms with Crippen molar-refractivity contribution in [1.82, 2.24) is 15.2 Å². The van der Waals surface area contributed by atoms with Crippen molar-refractivity contribution in [1.29, 1.82) is 0 Å². The molecule has 166 valence electrons. The molecule has 0 unspecified atom stereocenters. The number of amides is 1. The number of aryl methyl sites for hydroxylation is 1. The van der Waals surface area contributed by atoms with Crippen molar-refractivity contribution in [2.75, 3.05) is 26.3 Å². The van der Waals surface area contributed by atoms with E-state index < -0.39 is 5.95 Å². The third kappa shape index (κ3) is 5.99. The lowest BCUT2D eigenvalue weighted by Gasteiger charge is -2.26. The van der Waals surface area contributed by atoms with Crippen molar-refractivity contribution in [3.63, 3.8) is 0 Å². The number of morpholine rings is 1. The molecule has 4 rings (SSSR count). The molecule has 32 heavy (non-hydrogen) atoms. The molecule has 2 aromatic carbocycles. The third-order valence-electron chi connectivity index (χ3n) is 5.60. The molecule has 1 amide bonds. The van der Waals surface area contributed by atoms with Crippen LogP contribution in [0.2, 0.25) is 0 Å². The van der Waals surface area contributed by atoms with Gasteiger partial charge in [0.25, 0.3) is 0 Å². The van der Waals surface area contributed by atoms with Crippen molar-refractivity contribution in [2.45, 2.75) is 26.4 Å². The van der Waals surface area contributed by atoms with Crippen LogP contribution in [0.3, 0.4) is 0 Å². The number of hydrogen-bond acceptors (Lipinski definition) is 4. The Morgan fingerprint density at radius 1 is 1.06 bits per heavy atom. The smallest absolute Gasteiger partial charge is 0.224 e. The zero-order valence-electron chi connectivity index (χ0n) is 18.3. The van der Waals surface area contributed by atoms with E-state index in [1.54, 1.807) is 6.07 Å². The Morgan fingerprint density at radius 3 is 2.56 bits per heavy atom. The van der Waals surface area contributed by atoms with Gasteiger partial charge in [0.2, 0.25) is 11.9 Å². The van der Waals surface area contributed by atoms with Crippen LogP contribution in [0, 0.1) is 12.9 Å². The summed E-state index contributed by atoms with van der Waals surface area (Å²) in [6.45, 7) is 6.25. The fourth-order valence-electron chi connectivity index (χ4n) is 3.84. The number of pyridine rings is 1. The second kappa shape index (κ2) is 10.5. The van der Waals surface area contributed by atoms with Crippen molar-refractivity contribution in [2.24, 2.45) is 0 Å². The van der Waals surface area contributed by atoms with E-state index in [1.807, 2.05) is 55.5 Å².